The van der Waals surface area contributed by atoms with Gasteiger partial charge in [0.1, 0.15) is 5.56 Å². The Balaban J connectivity index is 2.56. The Labute approximate surface area is 90.5 Å². The van der Waals surface area contributed by atoms with Crippen molar-refractivity contribution in [1.29, 1.82) is 0 Å². The fraction of sp³-hybridized carbons (Fsp3) is 0.100. The molecular weight excluding hydrogens is 210 g/mol. The van der Waals surface area contributed by atoms with Gasteiger partial charge in [0.2, 0.25) is 0 Å². The lowest BCUT2D eigenvalue weighted by Crippen LogP contribution is -2.35. The molecule has 0 saturated heterocycles. The molecule has 1 aromatic heterocycles. The fourth-order valence-electron chi connectivity index (χ4n) is 1.38. The molecule has 1 aromatic carbocycles. The summed E-state index contributed by atoms with van der Waals surface area (Å²) in [6, 6.07) is 6.87. The Kier molecular flexibility index (Phi) is 2.55. The molecule has 16 heavy (non-hydrogen) atoms. The molecule has 0 spiro atoms. The molecule has 0 radical (unpaired) electrons. The maximum atomic E-state index is 11.6. The summed E-state index contributed by atoms with van der Waals surface area (Å²) in [5.74, 6) is -0.231. The van der Waals surface area contributed by atoms with Gasteiger partial charge in [-0.25, -0.2) is 4.79 Å². The van der Waals surface area contributed by atoms with Crippen molar-refractivity contribution in [2.45, 2.75) is 0 Å². The molecule has 82 valence electrons. The number of rotatable bonds is 2. The van der Waals surface area contributed by atoms with Gasteiger partial charge < -0.3 is 5.32 Å². The van der Waals surface area contributed by atoms with E-state index in [-0.39, 0.29) is 5.91 Å². The fourth-order valence-corrected chi connectivity index (χ4v) is 1.38. The van der Waals surface area contributed by atoms with Gasteiger partial charge >= 0.3 is 5.63 Å². The predicted molar refractivity (Wildman–Crippen MR) is 54.3 cm³/mol. The highest BCUT2D eigenvalue weighted by molar-refractivity contribution is 5.96. The van der Waals surface area contributed by atoms with E-state index in [9.17, 15) is 9.59 Å². The third-order valence-corrected chi connectivity index (χ3v) is 2.11. The molecule has 0 saturated carbocycles. The number of H-pyrrole nitrogens is 1. The van der Waals surface area contributed by atoms with Crippen molar-refractivity contribution in [3.8, 4) is 5.69 Å². The average Bonchev–Trinajstić information content (AvgIpc) is 2.75. The molecule has 0 unspecified atom stereocenters. The molecule has 1 amide bonds. The molecule has 6 nitrogen and oxygen atoms in total. The van der Waals surface area contributed by atoms with Gasteiger partial charge in [0.15, 0.2) is 0 Å². The first-order chi connectivity index (χ1) is 7.72. The first kappa shape index (κ1) is 10.2. The Morgan fingerprint density at radius 2 is 2.19 bits per heavy atom. The van der Waals surface area contributed by atoms with Crippen molar-refractivity contribution in [3.05, 3.63) is 46.4 Å². The van der Waals surface area contributed by atoms with Crippen LogP contribution in [0, 0.1) is 0 Å². The number of amides is 1. The Morgan fingerprint density at radius 3 is 2.81 bits per heavy atom. The molecule has 0 atom stereocenters. The standard InChI is InChI=1S/C10H9N3O3/c1-11-10(15)7-4-2-3-5-8(7)13-6-9(14)16-12-13/h2-6H,1H3,(H-,11,12,14,15)/p+1. The lowest BCUT2D eigenvalue weighted by atomic mass is 10.1. The summed E-state index contributed by atoms with van der Waals surface area (Å²) in [5, 5.41) is 4.91. The van der Waals surface area contributed by atoms with Crippen LogP contribution >= 0.6 is 0 Å². The summed E-state index contributed by atoms with van der Waals surface area (Å²) in [6.45, 7) is 0. The minimum atomic E-state index is -0.508. The number of aromatic amines is 1. The summed E-state index contributed by atoms with van der Waals surface area (Å²) in [7, 11) is 1.54. The van der Waals surface area contributed by atoms with Crippen LogP contribution in [0.1, 0.15) is 10.4 Å². The third-order valence-electron chi connectivity index (χ3n) is 2.11. The van der Waals surface area contributed by atoms with Gasteiger partial charge in [0.25, 0.3) is 17.8 Å². The molecule has 0 aliphatic rings. The van der Waals surface area contributed by atoms with Crippen LogP contribution in [0.25, 0.3) is 5.69 Å². The summed E-state index contributed by atoms with van der Waals surface area (Å²) >= 11 is 0. The molecule has 6 heteroatoms. The van der Waals surface area contributed by atoms with Gasteiger partial charge in [-0.05, 0) is 16.0 Å². The highest BCUT2D eigenvalue weighted by Gasteiger charge is 2.19. The van der Waals surface area contributed by atoms with Crippen LogP contribution in [0.4, 0.5) is 0 Å². The van der Waals surface area contributed by atoms with Crippen LogP contribution in [0.5, 0.6) is 0 Å². The van der Waals surface area contributed by atoms with Gasteiger partial charge in [-0.2, -0.15) is 0 Å². The number of carbonyl (C=O) groups excluding carboxylic acids is 1. The number of carbonyl (C=O) groups is 1. The summed E-state index contributed by atoms with van der Waals surface area (Å²) < 4.78 is 5.89. The number of benzene rings is 1. The Bertz CT molecular complexity index is 570. The maximum absolute atomic E-state index is 11.6. The largest absolute Gasteiger partial charge is 0.427 e. The third kappa shape index (κ3) is 1.72. The lowest BCUT2D eigenvalue weighted by Gasteiger charge is -1.99. The summed E-state index contributed by atoms with van der Waals surface area (Å²) in [5.41, 5.74) is 0.492. The second-order valence-electron chi connectivity index (χ2n) is 3.11. The van der Waals surface area contributed by atoms with E-state index in [1.54, 1.807) is 31.3 Å². The van der Waals surface area contributed by atoms with E-state index in [1.165, 1.54) is 10.9 Å². The number of nitrogens with zero attached hydrogens (tertiary/aromatic N) is 1. The van der Waals surface area contributed by atoms with Crippen LogP contribution in [0.15, 0.2) is 39.8 Å². The second-order valence-corrected chi connectivity index (χ2v) is 3.11. The van der Waals surface area contributed by atoms with Gasteiger partial charge in [-0.15, -0.1) is 0 Å². The van der Waals surface area contributed by atoms with E-state index in [1.807, 2.05) is 0 Å². The van der Waals surface area contributed by atoms with Gasteiger partial charge in [-0.3, -0.25) is 9.32 Å². The van der Waals surface area contributed by atoms with E-state index >= 15 is 0 Å². The number of aromatic nitrogens is 2. The first-order valence-electron chi connectivity index (χ1n) is 4.64. The van der Waals surface area contributed by atoms with Crippen molar-refractivity contribution in [3.63, 3.8) is 0 Å². The minimum Gasteiger partial charge on any atom is -0.355 e. The van der Waals surface area contributed by atoms with Crippen molar-refractivity contribution in [2.75, 3.05) is 7.05 Å². The summed E-state index contributed by atoms with van der Waals surface area (Å²) in [6.07, 6.45) is 1.22. The normalized spacial score (nSPS) is 10.1. The van der Waals surface area contributed by atoms with Crippen LogP contribution < -0.4 is 15.6 Å². The number of hydrogen-bond donors (Lipinski definition) is 2. The van der Waals surface area contributed by atoms with E-state index in [0.717, 1.165) is 0 Å². The molecule has 1 heterocycles. The molecule has 2 N–H and O–H groups in total. The highest BCUT2D eigenvalue weighted by Crippen LogP contribution is 2.06. The topological polar surface area (TPSA) is 79.0 Å². The maximum Gasteiger partial charge on any atom is 0.427 e. The molecule has 2 rings (SSSR count). The molecule has 0 aliphatic heterocycles. The first-order valence-corrected chi connectivity index (χ1v) is 4.64. The van der Waals surface area contributed by atoms with E-state index in [2.05, 4.69) is 15.1 Å². The van der Waals surface area contributed by atoms with Gasteiger partial charge in [0.05, 0.1) is 0 Å². The molecule has 0 aliphatic carbocycles. The zero-order valence-corrected chi connectivity index (χ0v) is 8.56. The number of para-hydroxylation sites is 1. The quantitative estimate of drug-likeness (QED) is 0.676. The Morgan fingerprint density at radius 1 is 1.44 bits per heavy atom. The van der Waals surface area contributed by atoms with Gasteiger partial charge in [0, 0.05) is 13.1 Å². The minimum absolute atomic E-state index is 0.231. The molecule has 2 aromatic rings. The number of nitrogens with one attached hydrogen (secondary N) is 2. The zero-order chi connectivity index (χ0) is 11.5. The average molecular weight is 220 g/mol. The van der Waals surface area contributed by atoms with E-state index in [0.29, 0.717) is 11.3 Å². The van der Waals surface area contributed by atoms with Crippen molar-refractivity contribution in [2.24, 2.45) is 0 Å². The monoisotopic (exact) mass is 220 g/mol. The van der Waals surface area contributed by atoms with Gasteiger partial charge in [-0.1, -0.05) is 12.1 Å². The van der Waals surface area contributed by atoms with Crippen LogP contribution in [-0.4, -0.2) is 18.2 Å². The molecule has 0 bridgehead atoms. The zero-order valence-electron chi connectivity index (χ0n) is 8.56. The van der Waals surface area contributed by atoms with Crippen LogP contribution in [0.2, 0.25) is 0 Å². The second kappa shape index (κ2) is 4.01. The summed E-state index contributed by atoms with van der Waals surface area (Å²) in [4.78, 5) is 22.5. The van der Waals surface area contributed by atoms with E-state index in [4.69, 9.17) is 0 Å². The van der Waals surface area contributed by atoms with Crippen molar-refractivity contribution >= 4 is 5.91 Å². The number of hydrogen-bond acceptors (Lipinski definition) is 3. The highest BCUT2D eigenvalue weighted by atomic mass is 16.5. The van der Waals surface area contributed by atoms with Crippen molar-refractivity contribution in [1.82, 2.24) is 10.6 Å². The van der Waals surface area contributed by atoms with E-state index < -0.39 is 5.63 Å². The lowest BCUT2D eigenvalue weighted by molar-refractivity contribution is -0.670. The van der Waals surface area contributed by atoms with Crippen molar-refractivity contribution < 1.29 is 14.0 Å². The SMILES string of the molecule is CNC(=O)c1ccccc1-[n+]1cc(=O)o[nH]1. The van der Waals surface area contributed by atoms with Crippen LogP contribution in [-0.2, 0) is 0 Å². The van der Waals surface area contributed by atoms with Crippen LogP contribution in [0.3, 0.4) is 0 Å². The Hall–Kier alpha value is -2.37. The predicted octanol–water partition coefficient (Wildman–Crippen LogP) is -0.396. The smallest absolute Gasteiger partial charge is 0.355 e. The molecular formula is C10H10N3O3+. The molecule has 0 fully saturated rings.